The maximum atomic E-state index is 14.0. The van der Waals surface area contributed by atoms with Gasteiger partial charge in [0.2, 0.25) is 5.78 Å². The van der Waals surface area contributed by atoms with Crippen molar-refractivity contribution in [2.24, 2.45) is 0 Å². The largest absolute Gasteiger partial charge is 0.503 e. The molecule has 3 aromatic rings. The number of aliphatic hydroxyl groups excluding tert-OH is 1. The molecule has 0 bridgehead atoms. The van der Waals surface area contributed by atoms with Crippen molar-refractivity contribution in [1.82, 2.24) is 14.8 Å². The maximum Gasteiger partial charge on any atom is 0.290 e. The van der Waals surface area contributed by atoms with Crippen LogP contribution in [0.1, 0.15) is 40.8 Å². The van der Waals surface area contributed by atoms with Gasteiger partial charge in [-0.2, -0.15) is 0 Å². The predicted molar refractivity (Wildman–Crippen MR) is 142 cm³/mol. The molecule has 2 heterocycles. The van der Waals surface area contributed by atoms with Gasteiger partial charge in [-0.25, -0.2) is 4.98 Å². The van der Waals surface area contributed by atoms with Gasteiger partial charge in [-0.05, 0) is 26.1 Å². The number of carbonyl (C=O) groups excluding carboxylic acids is 2. The van der Waals surface area contributed by atoms with Crippen LogP contribution in [0.2, 0.25) is 0 Å². The third-order valence-electron chi connectivity index (χ3n) is 6.56. The van der Waals surface area contributed by atoms with Gasteiger partial charge in [0.05, 0.1) is 29.3 Å². The van der Waals surface area contributed by atoms with Crippen LogP contribution in [0.15, 0.2) is 65.9 Å². The molecule has 0 saturated carbocycles. The Kier molecular flexibility index (Phi) is 7.86. The minimum Gasteiger partial charge on any atom is -0.503 e. The first-order valence-corrected chi connectivity index (χ1v) is 12.9. The highest BCUT2D eigenvalue weighted by atomic mass is 32.1. The number of aliphatic hydroxyl groups is 1. The van der Waals surface area contributed by atoms with Gasteiger partial charge in [0.15, 0.2) is 5.76 Å². The van der Waals surface area contributed by atoms with Crippen LogP contribution in [0.3, 0.4) is 0 Å². The molecule has 7 nitrogen and oxygen atoms in total. The highest BCUT2D eigenvalue weighted by molar-refractivity contribution is 7.17. The number of aromatic nitrogens is 1. The zero-order chi connectivity index (χ0) is 25.8. The van der Waals surface area contributed by atoms with E-state index in [9.17, 15) is 14.7 Å². The van der Waals surface area contributed by atoms with Crippen molar-refractivity contribution >= 4 is 23.0 Å². The molecule has 1 unspecified atom stereocenters. The summed E-state index contributed by atoms with van der Waals surface area (Å²) in [6.45, 7) is 8.57. The first kappa shape index (κ1) is 25.6. The Morgan fingerprint density at radius 2 is 1.78 bits per heavy atom. The molecule has 1 aliphatic heterocycles. The Labute approximate surface area is 215 Å². The number of methoxy groups -OCH3 is 1. The van der Waals surface area contributed by atoms with Crippen LogP contribution >= 0.6 is 11.3 Å². The Morgan fingerprint density at radius 1 is 1.11 bits per heavy atom. The molecule has 2 aromatic carbocycles. The minimum absolute atomic E-state index is 0.0652. The lowest BCUT2D eigenvalue weighted by Gasteiger charge is -2.30. The summed E-state index contributed by atoms with van der Waals surface area (Å²) < 4.78 is 5.59. The average molecular weight is 506 g/mol. The molecule has 1 amide bonds. The summed E-state index contributed by atoms with van der Waals surface area (Å²) in [5.74, 6) is -0.898. The molecule has 1 N–H and O–H groups in total. The summed E-state index contributed by atoms with van der Waals surface area (Å²) in [5.41, 5.74) is 2.20. The van der Waals surface area contributed by atoms with Crippen LogP contribution in [0.5, 0.6) is 5.75 Å². The van der Waals surface area contributed by atoms with Gasteiger partial charge in [-0.1, -0.05) is 62.4 Å². The number of likely N-dealkylation sites (N-methyl/N-ethyl adjacent to an activating group) is 1. The summed E-state index contributed by atoms with van der Waals surface area (Å²) >= 11 is 1.27. The molecule has 0 radical (unpaired) electrons. The molecule has 36 heavy (non-hydrogen) atoms. The Balaban J connectivity index is 1.78. The number of rotatable bonds is 10. The number of hydrogen-bond acceptors (Lipinski definition) is 7. The van der Waals surface area contributed by atoms with Gasteiger partial charge in [0.25, 0.3) is 5.91 Å². The monoisotopic (exact) mass is 505 g/mol. The first-order chi connectivity index (χ1) is 17.4. The van der Waals surface area contributed by atoms with E-state index in [2.05, 4.69) is 23.7 Å². The van der Waals surface area contributed by atoms with Gasteiger partial charge in [0.1, 0.15) is 10.8 Å². The van der Waals surface area contributed by atoms with Crippen molar-refractivity contribution in [3.8, 4) is 16.3 Å². The SMILES string of the molecule is CCN(CC)CCN1C(=O)C(O)=C(C(=O)c2sc(-c3ccccc3)nc2C)C1c1ccccc1OC. The molecule has 0 saturated heterocycles. The third-order valence-corrected chi connectivity index (χ3v) is 7.76. The topological polar surface area (TPSA) is 83.0 Å². The predicted octanol–water partition coefficient (Wildman–Crippen LogP) is 5.05. The maximum absolute atomic E-state index is 14.0. The molecule has 1 aromatic heterocycles. The molecule has 0 aliphatic carbocycles. The molecule has 0 spiro atoms. The molecule has 4 rings (SSSR count). The number of carbonyl (C=O) groups is 2. The quantitative estimate of drug-likeness (QED) is 0.389. The number of nitrogens with zero attached hydrogens (tertiary/aromatic N) is 3. The van der Waals surface area contributed by atoms with Crippen molar-refractivity contribution in [2.75, 3.05) is 33.3 Å². The van der Waals surface area contributed by atoms with E-state index in [0.717, 1.165) is 18.7 Å². The van der Waals surface area contributed by atoms with Crippen molar-refractivity contribution in [3.05, 3.63) is 82.1 Å². The second-order valence-electron chi connectivity index (χ2n) is 8.56. The van der Waals surface area contributed by atoms with Gasteiger partial charge >= 0.3 is 0 Å². The van der Waals surface area contributed by atoms with Crippen LogP contribution in [-0.4, -0.2) is 64.9 Å². The fraction of sp³-hybridized carbons (Fsp3) is 0.321. The number of amides is 1. The molecular formula is C28H31N3O4S. The number of ether oxygens (including phenoxy) is 1. The minimum atomic E-state index is -0.765. The van der Waals surface area contributed by atoms with Crippen LogP contribution in [0.4, 0.5) is 0 Å². The number of thiazole rings is 1. The first-order valence-electron chi connectivity index (χ1n) is 12.1. The van der Waals surface area contributed by atoms with E-state index < -0.39 is 17.7 Å². The van der Waals surface area contributed by atoms with Crippen LogP contribution in [0, 0.1) is 6.92 Å². The highest BCUT2D eigenvalue weighted by Gasteiger charge is 2.45. The smallest absolute Gasteiger partial charge is 0.290 e. The number of ketones is 1. The molecule has 1 aliphatic rings. The molecule has 1 atom stereocenters. The van der Waals surface area contributed by atoms with E-state index in [4.69, 9.17) is 4.74 Å². The second kappa shape index (κ2) is 11.1. The van der Waals surface area contributed by atoms with Crippen LogP contribution in [-0.2, 0) is 4.79 Å². The fourth-order valence-corrected chi connectivity index (χ4v) is 5.58. The van der Waals surface area contributed by atoms with E-state index in [0.29, 0.717) is 40.0 Å². The Hall–Kier alpha value is -3.49. The average Bonchev–Trinajstić information content (AvgIpc) is 3.42. The summed E-state index contributed by atoms with van der Waals surface area (Å²) in [7, 11) is 1.56. The summed E-state index contributed by atoms with van der Waals surface area (Å²) in [4.78, 5) is 36.1. The van der Waals surface area contributed by atoms with Crippen molar-refractivity contribution in [3.63, 3.8) is 0 Å². The lowest BCUT2D eigenvalue weighted by Crippen LogP contribution is -2.38. The van der Waals surface area contributed by atoms with E-state index >= 15 is 0 Å². The van der Waals surface area contributed by atoms with Gasteiger partial charge in [0, 0.05) is 24.2 Å². The van der Waals surface area contributed by atoms with Crippen LogP contribution < -0.4 is 4.74 Å². The Bertz CT molecular complexity index is 1280. The van der Waals surface area contributed by atoms with E-state index in [1.807, 2.05) is 48.5 Å². The van der Waals surface area contributed by atoms with Crippen molar-refractivity contribution in [1.29, 1.82) is 0 Å². The molecular weight excluding hydrogens is 474 g/mol. The zero-order valence-corrected chi connectivity index (χ0v) is 21.8. The normalized spacial score (nSPS) is 15.8. The molecule has 0 fully saturated rings. The zero-order valence-electron chi connectivity index (χ0n) is 21.0. The van der Waals surface area contributed by atoms with Crippen LogP contribution in [0.25, 0.3) is 10.6 Å². The lowest BCUT2D eigenvalue weighted by molar-refractivity contribution is -0.129. The van der Waals surface area contributed by atoms with Crippen molar-refractivity contribution in [2.45, 2.75) is 26.8 Å². The summed E-state index contributed by atoms with van der Waals surface area (Å²) in [6.07, 6.45) is 0. The lowest BCUT2D eigenvalue weighted by atomic mass is 9.94. The van der Waals surface area contributed by atoms with Gasteiger partial charge in [-0.3, -0.25) is 9.59 Å². The number of para-hydroxylation sites is 1. The highest BCUT2D eigenvalue weighted by Crippen LogP contribution is 2.43. The van der Waals surface area contributed by atoms with Gasteiger partial charge < -0.3 is 19.6 Å². The second-order valence-corrected chi connectivity index (χ2v) is 9.56. The number of Topliss-reactive ketones (excluding diaryl/α,β-unsaturated/α-hetero) is 1. The van der Waals surface area contributed by atoms with E-state index in [1.165, 1.54) is 11.3 Å². The fourth-order valence-electron chi connectivity index (χ4n) is 4.55. The van der Waals surface area contributed by atoms with Crippen molar-refractivity contribution < 1.29 is 19.4 Å². The molecule has 188 valence electrons. The van der Waals surface area contributed by atoms with Gasteiger partial charge in [-0.15, -0.1) is 11.3 Å². The number of hydrogen-bond donors (Lipinski definition) is 1. The van der Waals surface area contributed by atoms with E-state index in [1.54, 1.807) is 25.0 Å². The molecule has 8 heteroatoms. The standard InChI is InChI=1S/C28H31N3O4S/c1-5-30(6-2)16-17-31-23(20-14-10-11-15-21(20)35-4)22(25(33)28(31)34)24(32)26-18(3)29-27(36-26)19-12-8-7-9-13-19/h7-15,23,33H,5-6,16-17H2,1-4H3. The summed E-state index contributed by atoms with van der Waals surface area (Å²) in [6, 6.07) is 16.2. The third kappa shape index (κ3) is 4.79. The Morgan fingerprint density at radius 3 is 2.44 bits per heavy atom. The number of benzene rings is 2. The van der Waals surface area contributed by atoms with E-state index in [-0.39, 0.29) is 11.4 Å². The summed E-state index contributed by atoms with van der Waals surface area (Å²) in [5, 5.41) is 11.8. The number of aryl methyl sites for hydroxylation is 1.